The van der Waals surface area contributed by atoms with Crippen LogP contribution in [-0.4, -0.2) is 19.9 Å². The first-order chi connectivity index (χ1) is 9.63. The number of nitrogen functional groups attached to an aromatic ring is 1. The molecule has 2 aromatic heterocycles. The highest BCUT2D eigenvalue weighted by atomic mass is 35.5. The van der Waals surface area contributed by atoms with Gasteiger partial charge in [0.2, 0.25) is 0 Å². The molecular weight excluding hydrogens is 278 g/mol. The van der Waals surface area contributed by atoms with Gasteiger partial charge < -0.3 is 10.7 Å². The summed E-state index contributed by atoms with van der Waals surface area (Å²) in [4.78, 5) is 26.3. The summed E-state index contributed by atoms with van der Waals surface area (Å²) in [7, 11) is 0. The molecule has 0 aliphatic carbocycles. The molecule has 0 amide bonds. The van der Waals surface area contributed by atoms with E-state index in [0.29, 0.717) is 22.6 Å². The average Bonchev–Trinajstić information content (AvgIpc) is 2.41. The number of hydrogen-bond donors (Lipinski definition) is 2. The Kier molecular flexibility index (Phi) is 3.08. The molecule has 6 nitrogen and oxygen atoms in total. The number of nitrogens with two attached hydrogens (primary N) is 1. The fraction of sp³-hybridized carbons (Fsp3) is 0.0769. The van der Waals surface area contributed by atoms with Crippen molar-refractivity contribution in [3.05, 3.63) is 57.4 Å². The van der Waals surface area contributed by atoms with E-state index in [-0.39, 0.29) is 11.4 Å². The Morgan fingerprint density at radius 1 is 1.30 bits per heavy atom. The molecule has 20 heavy (non-hydrogen) atoms. The van der Waals surface area contributed by atoms with Gasteiger partial charge in [-0.3, -0.25) is 4.79 Å². The van der Waals surface area contributed by atoms with E-state index in [0.717, 1.165) is 11.3 Å². The van der Waals surface area contributed by atoms with E-state index >= 15 is 0 Å². The minimum Gasteiger partial charge on any atom is -0.379 e. The van der Waals surface area contributed by atoms with Gasteiger partial charge in [-0.25, -0.2) is 15.0 Å². The molecule has 0 aliphatic rings. The predicted octanol–water partition coefficient (Wildman–Crippen LogP) is 1.54. The molecule has 7 heteroatoms. The monoisotopic (exact) mass is 287 g/mol. The molecule has 0 atom stereocenters. The van der Waals surface area contributed by atoms with E-state index in [1.807, 2.05) is 12.1 Å². The SMILES string of the molecule is Nc1nc2c(Cc3cc(Cl)ncn3)cccc2[nH]c1=O. The van der Waals surface area contributed by atoms with Crippen molar-refractivity contribution in [3.8, 4) is 0 Å². The number of aromatic nitrogens is 4. The highest BCUT2D eigenvalue weighted by molar-refractivity contribution is 6.29. The summed E-state index contributed by atoms with van der Waals surface area (Å²) < 4.78 is 0. The molecule has 0 radical (unpaired) electrons. The normalized spacial score (nSPS) is 10.8. The molecule has 0 unspecified atom stereocenters. The second-order valence-electron chi connectivity index (χ2n) is 4.27. The summed E-state index contributed by atoms with van der Waals surface area (Å²) >= 11 is 5.84. The maximum Gasteiger partial charge on any atom is 0.290 e. The van der Waals surface area contributed by atoms with Crippen molar-refractivity contribution in [2.24, 2.45) is 0 Å². The number of hydrogen-bond acceptors (Lipinski definition) is 5. The number of H-pyrrole nitrogens is 1. The van der Waals surface area contributed by atoms with Gasteiger partial charge in [0.15, 0.2) is 5.82 Å². The van der Waals surface area contributed by atoms with Crippen LogP contribution in [-0.2, 0) is 6.42 Å². The highest BCUT2D eigenvalue weighted by Gasteiger charge is 2.08. The van der Waals surface area contributed by atoms with Crippen LogP contribution in [0.4, 0.5) is 5.82 Å². The van der Waals surface area contributed by atoms with E-state index in [9.17, 15) is 4.79 Å². The quantitative estimate of drug-likeness (QED) is 0.697. The molecule has 0 saturated carbocycles. The molecule has 0 bridgehead atoms. The third kappa shape index (κ3) is 2.33. The van der Waals surface area contributed by atoms with Gasteiger partial charge in [0.05, 0.1) is 11.0 Å². The van der Waals surface area contributed by atoms with E-state index in [1.54, 1.807) is 12.1 Å². The second kappa shape index (κ2) is 4.90. The number of fused-ring (bicyclic) bond motifs is 1. The number of rotatable bonds is 2. The Balaban J connectivity index is 2.12. The fourth-order valence-electron chi connectivity index (χ4n) is 1.99. The van der Waals surface area contributed by atoms with Crippen LogP contribution in [0, 0.1) is 0 Å². The molecule has 1 aromatic carbocycles. The molecule has 3 N–H and O–H groups in total. The first-order valence-corrected chi connectivity index (χ1v) is 6.25. The number of anilines is 1. The lowest BCUT2D eigenvalue weighted by Gasteiger charge is -2.06. The van der Waals surface area contributed by atoms with Crippen molar-refractivity contribution in [2.45, 2.75) is 6.42 Å². The molecule has 0 saturated heterocycles. The molecule has 0 fully saturated rings. The standard InChI is InChI=1S/C13H10ClN5O/c14-10-5-8(16-6-17-10)4-7-2-1-3-9-11(7)19-12(15)13(20)18-9/h1-3,5-6H,4H2,(H2,15,19)(H,18,20). The first-order valence-electron chi connectivity index (χ1n) is 5.87. The summed E-state index contributed by atoms with van der Waals surface area (Å²) in [5, 5.41) is 0.385. The van der Waals surface area contributed by atoms with Gasteiger partial charge in [0, 0.05) is 12.1 Å². The average molecular weight is 288 g/mol. The summed E-state index contributed by atoms with van der Waals surface area (Å²) in [5.74, 6) is -0.0503. The van der Waals surface area contributed by atoms with Crippen LogP contribution < -0.4 is 11.3 Å². The Labute approximate surface area is 118 Å². The zero-order valence-electron chi connectivity index (χ0n) is 10.3. The summed E-state index contributed by atoms with van der Waals surface area (Å²) in [6.45, 7) is 0. The third-order valence-corrected chi connectivity index (χ3v) is 3.10. The van der Waals surface area contributed by atoms with Crippen LogP contribution in [0.1, 0.15) is 11.3 Å². The van der Waals surface area contributed by atoms with Crippen LogP contribution in [0.5, 0.6) is 0 Å². The zero-order valence-corrected chi connectivity index (χ0v) is 11.1. The lowest BCUT2D eigenvalue weighted by molar-refractivity contribution is 1.03. The van der Waals surface area contributed by atoms with Crippen LogP contribution in [0.2, 0.25) is 5.15 Å². The van der Waals surface area contributed by atoms with Crippen molar-refractivity contribution in [3.63, 3.8) is 0 Å². The lowest BCUT2D eigenvalue weighted by Crippen LogP contribution is -2.14. The second-order valence-corrected chi connectivity index (χ2v) is 4.66. The van der Waals surface area contributed by atoms with E-state index in [4.69, 9.17) is 17.3 Å². The van der Waals surface area contributed by atoms with Gasteiger partial charge in [-0.05, 0) is 17.7 Å². The molecule has 100 valence electrons. The maximum atomic E-state index is 11.5. The molecule has 3 aromatic rings. The summed E-state index contributed by atoms with van der Waals surface area (Å²) in [6.07, 6.45) is 1.94. The van der Waals surface area contributed by atoms with E-state index in [1.165, 1.54) is 6.33 Å². The topological polar surface area (TPSA) is 97.5 Å². The summed E-state index contributed by atoms with van der Waals surface area (Å²) in [5.41, 5.74) is 8.14. The largest absolute Gasteiger partial charge is 0.379 e. The van der Waals surface area contributed by atoms with Crippen LogP contribution in [0.3, 0.4) is 0 Å². The maximum absolute atomic E-state index is 11.5. The molecule has 3 rings (SSSR count). The molecule has 2 heterocycles. The molecule has 0 spiro atoms. The van der Waals surface area contributed by atoms with Gasteiger partial charge >= 0.3 is 0 Å². The summed E-state index contributed by atoms with van der Waals surface area (Å²) in [6, 6.07) is 7.21. The van der Waals surface area contributed by atoms with E-state index in [2.05, 4.69) is 19.9 Å². The molecule has 0 aliphatic heterocycles. The first kappa shape index (κ1) is 12.6. The Morgan fingerprint density at radius 3 is 2.95 bits per heavy atom. The van der Waals surface area contributed by atoms with Gasteiger partial charge in [-0.1, -0.05) is 23.7 Å². The van der Waals surface area contributed by atoms with Crippen LogP contribution in [0.15, 0.2) is 35.4 Å². The minimum absolute atomic E-state index is 0.0503. The van der Waals surface area contributed by atoms with Gasteiger partial charge in [0.1, 0.15) is 11.5 Å². The third-order valence-electron chi connectivity index (χ3n) is 2.89. The van der Waals surface area contributed by atoms with Crippen molar-refractivity contribution in [2.75, 3.05) is 5.73 Å². The van der Waals surface area contributed by atoms with Gasteiger partial charge in [-0.15, -0.1) is 0 Å². The number of benzene rings is 1. The number of aromatic amines is 1. The van der Waals surface area contributed by atoms with E-state index < -0.39 is 0 Å². The molecular formula is C13H10ClN5O. The smallest absolute Gasteiger partial charge is 0.290 e. The van der Waals surface area contributed by atoms with Gasteiger partial charge in [0.25, 0.3) is 5.56 Å². The number of halogens is 1. The minimum atomic E-state index is -0.389. The zero-order chi connectivity index (χ0) is 14.1. The predicted molar refractivity (Wildman–Crippen MR) is 76.6 cm³/mol. The lowest BCUT2D eigenvalue weighted by atomic mass is 10.1. The highest BCUT2D eigenvalue weighted by Crippen LogP contribution is 2.18. The van der Waals surface area contributed by atoms with Crippen molar-refractivity contribution < 1.29 is 0 Å². The van der Waals surface area contributed by atoms with Crippen LogP contribution >= 0.6 is 11.6 Å². The van der Waals surface area contributed by atoms with Crippen molar-refractivity contribution in [1.29, 1.82) is 0 Å². The number of nitrogens with zero attached hydrogens (tertiary/aromatic N) is 3. The van der Waals surface area contributed by atoms with Crippen molar-refractivity contribution >= 4 is 28.5 Å². The van der Waals surface area contributed by atoms with Crippen molar-refractivity contribution in [1.82, 2.24) is 19.9 Å². The van der Waals surface area contributed by atoms with Gasteiger partial charge in [-0.2, -0.15) is 0 Å². The number of para-hydroxylation sites is 1. The Morgan fingerprint density at radius 2 is 2.15 bits per heavy atom. The Hall–Kier alpha value is -2.47. The number of nitrogens with one attached hydrogen (secondary N) is 1. The Bertz CT molecular complexity index is 846. The fourth-order valence-corrected chi connectivity index (χ4v) is 2.16. The van der Waals surface area contributed by atoms with Crippen LogP contribution in [0.25, 0.3) is 11.0 Å².